The molecule has 8 heteroatoms. The number of aryl methyl sites for hydroxylation is 1. The number of rotatable bonds is 10. The van der Waals surface area contributed by atoms with Crippen molar-refractivity contribution in [2.24, 2.45) is 5.92 Å². The van der Waals surface area contributed by atoms with Crippen molar-refractivity contribution in [3.63, 3.8) is 0 Å². The summed E-state index contributed by atoms with van der Waals surface area (Å²) in [6.45, 7) is 6.80. The molecule has 2 unspecified atom stereocenters. The van der Waals surface area contributed by atoms with Gasteiger partial charge < -0.3 is 15.5 Å². The fraction of sp³-hybridized carbons (Fsp3) is 0.615. The topological polar surface area (TPSA) is 98.8 Å². The van der Waals surface area contributed by atoms with Gasteiger partial charge in [0.2, 0.25) is 17.7 Å². The van der Waals surface area contributed by atoms with Gasteiger partial charge in [-0.1, -0.05) is 31.9 Å². The Morgan fingerprint density at radius 2 is 1.82 bits per heavy atom. The van der Waals surface area contributed by atoms with E-state index < -0.39 is 0 Å². The molecule has 1 saturated carbocycles. The van der Waals surface area contributed by atoms with E-state index in [1.165, 1.54) is 4.90 Å². The second-order valence-corrected chi connectivity index (χ2v) is 9.46. The summed E-state index contributed by atoms with van der Waals surface area (Å²) in [6, 6.07) is 5.12. The Balaban J connectivity index is 1.64. The minimum atomic E-state index is -0.389. The molecule has 1 aliphatic heterocycles. The molecule has 1 aliphatic carbocycles. The Hall–Kier alpha value is -2.90. The second kappa shape index (κ2) is 12.0. The van der Waals surface area contributed by atoms with Gasteiger partial charge >= 0.3 is 6.03 Å². The summed E-state index contributed by atoms with van der Waals surface area (Å²) in [6.07, 6.45) is 5.82. The molecule has 0 aromatic heterocycles. The highest BCUT2D eigenvalue weighted by atomic mass is 16.2. The summed E-state index contributed by atoms with van der Waals surface area (Å²) in [5.41, 5.74) is 2.82. The van der Waals surface area contributed by atoms with Gasteiger partial charge in [0.05, 0.1) is 5.92 Å². The van der Waals surface area contributed by atoms with Crippen LogP contribution in [0.1, 0.15) is 69.4 Å². The lowest BCUT2D eigenvalue weighted by atomic mass is 9.81. The maximum absolute atomic E-state index is 13.3. The van der Waals surface area contributed by atoms with Gasteiger partial charge in [0, 0.05) is 31.2 Å². The van der Waals surface area contributed by atoms with Crippen LogP contribution >= 0.6 is 0 Å². The van der Waals surface area contributed by atoms with Crippen LogP contribution in [-0.4, -0.2) is 59.2 Å². The zero-order valence-corrected chi connectivity index (χ0v) is 20.7. The predicted molar refractivity (Wildman–Crippen MR) is 131 cm³/mol. The van der Waals surface area contributed by atoms with Crippen LogP contribution in [0.2, 0.25) is 0 Å². The number of fused-ring (bicyclic) bond motifs is 1. The van der Waals surface area contributed by atoms with Gasteiger partial charge in [-0.3, -0.25) is 19.3 Å². The number of unbranched alkanes of at least 4 members (excludes halogenated alkanes) is 1. The Morgan fingerprint density at radius 1 is 1.06 bits per heavy atom. The van der Waals surface area contributed by atoms with E-state index in [1.807, 2.05) is 39.0 Å². The first kappa shape index (κ1) is 25.7. The van der Waals surface area contributed by atoms with Gasteiger partial charge in [-0.15, -0.1) is 0 Å². The minimum Gasteiger partial charge on any atom is -0.356 e. The van der Waals surface area contributed by atoms with Crippen LogP contribution in [0.4, 0.5) is 10.5 Å². The van der Waals surface area contributed by atoms with Gasteiger partial charge in [0.15, 0.2) is 0 Å². The first-order valence-corrected chi connectivity index (χ1v) is 12.6. The second-order valence-electron chi connectivity index (χ2n) is 9.46. The molecule has 34 heavy (non-hydrogen) atoms. The van der Waals surface area contributed by atoms with E-state index in [1.54, 1.807) is 4.90 Å². The van der Waals surface area contributed by atoms with E-state index in [0.717, 1.165) is 48.9 Å². The van der Waals surface area contributed by atoms with Crippen molar-refractivity contribution in [3.8, 4) is 0 Å². The molecule has 0 bridgehead atoms. The van der Waals surface area contributed by atoms with Crippen LogP contribution in [0.5, 0.6) is 0 Å². The van der Waals surface area contributed by atoms with Gasteiger partial charge in [0.1, 0.15) is 6.54 Å². The predicted octanol–water partition coefficient (Wildman–Crippen LogP) is 3.76. The molecule has 186 valence electrons. The third kappa shape index (κ3) is 6.15. The first-order valence-electron chi connectivity index (χ1n) is 12.6. The van der Waals surface area contributed by atoms with Gasteiger partial charge in [-0.05, 0) is 63.1 Å². The molecular formula is C26H38N4O4. The van der Waals surface area contributed by atoms with Crippen LogP contribution in [0, 0.1) is 19.8 Å². The van der Waals surface area contributed by atoms with Crippen molar-refractivity contribution >= 4 is 29.4 Å². The van der Waals surface area contributed by atoms with E-state index in [0.29, 0.717) is 25.8 Å². The zero-order valence-electron chi connectivity index (χ0n) is 20.7. The summed E-state index contributed by atoms with van der Waals surface area (Å²) < 4.78 is 0. The smallest absolute Gasteiger partial charge is 0.327 e. The molecule has 2 aliphatic rings. The Morgan fingerprint density at radius 3 is 2.59 bits per heavy atom. The summed E-state index contributed by atoms with van der Waals surface area (Å²) in [7, 11) is 0. The number of nitrogens with zero attached hydrogens (tertiary/aromatic N) is 2. The number of benzene rings is 1. The highest BCUT2D eigenvalue weighted by Crippen LogP contribution is 2.34. The summed E-state index contributed by atoms with van der Waals surface area (Å²) in [5.74, 6) is -0.646. The fourth-order valence-electron chi connectivity index (χ4n) is 4.89. The monoisotopic (exact) mass is 470 g/mol. The standard InChI is InChI=1S/C26H38N4O4/c1-4-15-27-23(31)14-7-8-16-29-25(33)20-11-5-6-13-22(20)30(26(29)34)17-24(32)28-21-12-9-10-18(2)19(21)3/h9-10,12,20,22H,4-8,11,13-17H2,1-3H3,(H,27,31)(H,28,32). The Kier molecular flexibility index (Phi) is 9.07. The average Bonchev–Trinajstić information content (AvgIpc) is 2.82. The van der Waals surface area contributed by atoms with Crippen molar-refractivity contribution in [1.29, 1.82) is 0 Å². The molecule has 8 nitrogen and oxygen atoms in total. The van der Waals surface area contributed by atoms with Crippen LogP contribution < -0.4 is 10.6 Å². The number of amides is 5. The van der Waals surface area contributed by atoms with Crippen molar-refractivity contribution < 1.29 is 19.2 Å². The Bertz CT molecular complexity index is 916. The lowest BCUT2D eigenvalue weighted by molar-refractivity contribution is -0.141. The summed E-state index contributed by atoms with van der Waals surface area (Å²) in [4.78, 5) is 54.1. The number of urea groups is 1. The van der Waals surface area contributed by atoms with Crippen LogP contribution in [0.15, 0.2) is 18.2 Å². The molecular weight excluding hydrogens is 432 g/mol. The van der Waals surface area contributed by atoms with E-state index in [2.05, 4.69) is 10.6 Å². The number of anilines is 1. The maximum atomic E-state index is 13.3. The lowest BCUT2D eigenvalue weighted by Crippen LogP contribution is -2.63. The fourth-order valence-corrected chi connectivity index (χ4v) is 4.89. The van der Waals surface area contributed by atoms with E-state index in [4.69, 9.17) is 0 Å². The van der Waals surface area contributed by atoms with Gasteiger partial charge in [-0.25, -0.2) is 4.79 Å². The molecule has 2 N–H and O–H groups in total. The molecule has 0 radical (unpaired) electrons. The number of imide groups is 1. The molecule has 2 atom stereocenters. The van der Waals surface area contributed by atoms with Crippen molar-refractivity contribution in [1.82, 2.24) is 15.1 Å². The highest BCUT2D eigenvalue weighted by molar-refractivity contribution is 6.01. The zero-order chi connectivity index (χ0) is 24.7. The number of hydrogen-bond acceptors (Lipinski definition) is 4. The van der Waals surface area contributed by atoms with Crippen molar-refractivity contribution in [2.45, 2.75) is 78.2 Å². The largest absolute Gasteiger partial charge is 0.356 e. The van der Waals surface area contributed by atoms with Crippen LogP contribution in [-0.2, 0) is 14.4 Å². The van der Waals surface area contributed by atoms with E-state index in [-0.39, 0.29) is 48.8 Å². The number of nitrogens with one attached hydrogen (secondary N) is 2. The molecule has 0 spiro atoms. The normalized spacial score (nSPS) is 20.2. The third-order valence-corrected chi connectivity index (χ3v) is 6.99. The molecule has 3 rings (SSSR count). The lowest BCUT2D eigenvalue weighted by Gasteiger charge is -2.46. The quantitative estimate of drug-likeness (QED) is 0.509. The van der Waals surface area contributed by atoms with Crippen molar-refractivity contribution in [2.75, 3.05) is 25.0 Å². The first-order chi connectivity index (χ1) is 16.3. The van der Waals surface area contributed by atoms with E-state index in [9.17, 15) is 19.2 Å². The third-order valence-electron chi connectivity index (χ3n) is 6.99. The summed E-state index contributed by atoms with van der Waals surface area (Å²) >= 11 is 0. The maximum Gasteiger partial charge on any atom is 0.327 e. The molecule has 1 aromatic rings. The molecule has 1 saturated heterocycles. The number of carbonyl (C=O) groups excluding carboxylic acids is 4. The van der Waals surface area contributed by atoms with Gasteiger partial charge in [0.25, 0.3) is 0 Å². The average molecular weight is 471 g/mol. The molecule has 1 heterocycles. The SMILES string of the molecule is CCCNC(=O)CCCCN1C(=O)C2CCCCC2N(CC(=O)Nc2cccc(C)c2C)C1=O. The van der Waals surface area contributed by atoms with Crippen LogP contribution in [0.3, 0.4) is 0 Å². The minimum absolute atomic E-state index is 0.00442. The Labute approximate surface area is 202 Å². The highest BCUT2D eigenvalue weighted by Gasteiger charge is 2.47. The number of hydrogen-bond donors (Lipinski definition) is 2. The number of carbonyl (C=O) groups is 4. The van der Waals surface area contributed by atoms with Crippen LogP contribution in [0.25, 0.3) is 0 Å². The van der Waals surface area contributed by atoms with Crippen molar-refractivity contribution in [3.05, 3.63) is 29.3 Å². The van der Waals surface area contributed by atoms with Gasteiger partial charge in [-0.2, -0.15) is 0 Å². The molecule has 5 amide bonds. The molecule has 1 aromatic carbocycles. The molecule has 2 fully saturated rings. The summed E-state index contributed by atoms with van der Waals surface area (Å²) in [5, 5.41) is 5.78. The van der Waals surface area contributed by atoms with E-state index >= 15 is 0 Å².